The summed E-state index contributed by atoms with van der Waals surface area (Å²) in [5.74, 6) is 0.0855. The summed E-state index contributed by atoms with van der Waals surface area (Å²) in [6.07, 6.45) is -3.56. The van der Waals surface area contributed by atoms with Crippen LogP contribution in [0.1, 0.15) is 24.5 Å². The van der Waals surface area contributed by atoms with Crippen LogP contribution in [0.5, 0.6) is 0 Å². The molecule has 1 aromatic rings. The molecule has 1 aliphatic rings. The molecule has 2 unspecified atom stereocenters. The van der Waals surface area contributed by atoms with E-state index < -0.39 is 17.6 Å². The third kappa shape index (κ3) is 4.09. The summed E-state index contributed by atoms with van der Waals surface area (Å²) in [6, 6.07) is 2.98. The van der Waals surface area contributed by atoms with E-state index in [1.807, 2.05) is 0 Å². The quantitative estimate of drug-likeness (QED) is 0.512. The van der Waals surface area contributed by atoms with Crippen LogP contribution in [0.3, 0.4) is 0 Å². The van der Waals surface area contributed by atoms with Gasteiger partial charge in [0.1, 0.15) is 5.82 Å². The molecule has 7 heteroatoms. The fraction of sp³-hybridized carbons (Fsp3) is 0.500. The third-order valence-corrected chi connectivity index (χ3v) is 3.48. The van der Waals surface area contributed by atoms with Gasteiger partial charge in [-0.25, -0.2) is 4.39 Å². The lowest BCUT2D eigenvalue weighted by Gasteiger charge is -2.15. The minimum atomic E-state index is -4.58. The van der Waals surface area contributed by atoms with Gasteiger partial charge in [0.15, 0.2) is 5.96 Å². The van der Waals surface area contributed by atoms with E-state index in [4.69, 9.17) is 0 Å². The first-order chi connectivity index (χ1) is 9.81. The molecule has 2 atom stereocenters. The van der Waals surface area contributed by atoms with Crippen LogP contribution in [0, 0.1) is 11.7 Å². The zero-order valence-corrected chi connectivity index (χ0v) is 11.8. The molecule has 2 N–H and O–H groups in total. The Morgan fingerprint density at radius 2 is 2.05 bits per heavy atom. The van der Waals surface area contributed by atoms with E-state index in [1.165, 1.54) is 0 Å². The Kier molecular flexibility index (Phi) is 4.39. The van der Waals surface area contributed by atoms with Crippen LogP contribution in [0.25, 0.3) is 0 Å². The van der Waals surface area contributed by atoms with E-state index in [2.05, 4.69) is 22.5 Å². The number of guanidine groups is 1. The summed E-state index contributed by atoms with van der Waals surface area (Å²) in [5.41, 5.74) is -0.985. The number of hydrogen-bond donors (Lipinski definition) is 2. The molecule has 1 saturated carbocycles. The van der Waals surface area contributed by atoms with Crippen molar-refractivity contribution in [2.45, 2.75) is 32.1 Å². The van der Waals surface area contributed by atoms with Crippen molar-refractivity contribution in [1.29, 1.82) is 0 Å². The number of nitrogens with one attached hydrogen (secondary N) is 2. The van der Waals surface area contributed by atoms with Crippen molar-refractivity contribution in [1.82, 2.24) is 10.6 Å². The molecule has 1 aromatic carbocycles. The second-order valence-electron chi connectivity index (χ2n) is 5.19. The van der Waals surface area contributed by atoms with Crippen LogP contribution in [0.15, 0.2) is 23.2 Å². The lowest BCUT2D eigenvalue weighted by Crippen LogP contribution is -2.38. The van der Waals surface area contributed by atoms with Crippen LogP contribution in [0.4, 0.5) is 17.6 Å². The van der Waals surface area contributed by atoms with Gasteiger partial charge in [-0.2, -0.15) is 13.2 Å². The normalized spacial score (nSPS) is 22.1. The highest BCUT2D eigenvalue weighted by Crippen LogP contribution is 2.32. The number of rotatable bonds is 3. The molecule has 0 spiro atoms. The molecule has 0 heterocycles. The van der Waals surface area contributed by atoms with Crippen molar-refractivity contribution in [3.8, 4) is 0 Å². The summed E-state index contributed by atoms with van der Waals surface area (Å²) >= 11 is 0. The zero-order chi connectivity index (χ0) is 15.6. The van der Waals surface area contributed by atoms with Crippen molar-refractivity contribution in [3.63, 3.8) is 0 Å². The van der Waals surface area contributed by atoms with Gasteiger partial charge in [0.05, 0.1) is 5.56 Å². The van der Waals surface area contributed by atoms with Gasteiger partial charge in [-0.1, -0.05) is 13.0 Å². The summed E-state index contributed by atoms with van der Waals surface area (Å²) < 4.78 is 51.6. The van der Waals surface area contributed by atoms with Crippen LogP contribution >= 0.6 is 0 Å². The van der Waals surface area contributed by atoms with Crippen LogP contribution in [-0.4, -0.2) is 19.0 Å². The standard InChI is InChI=1S/C14H17F4N3/c1-8-5-12(8)21-13(19-2)20-7-9-3-4-10(15)6-11(9)14(16,17)18/h3-4,6,8,12H,5,7H2,1-2H3,(H2,19,20,21). The molecule has 21 heavy (non-hydrogen) atoms. The zero-order valence-electron chi connectivity index (χ0n) is 11.8. The number of nitrogens with zero attached hydrogens (tertiary/aromatic N) is 1. The topological polar surface area (TPSA) is 36.4 Å². The average molecular weight is 303 g/mol. The minimum absolute atomic E-state index is 0.0179. The second-order valence-corrected chi connectivity index (χ2v) is 5.19. The Morgan fingerprint density at radius 1 is 1.38 bits per heavy atom. The second kappa shape index (κ2) is 5.91. The predicted octanol–water partition coefficient (Wildman–Crippen LogP) is 2.92. The maximum atomic E-state index is 13.0. The molecule has 1 aliphatic carbocycles. The van der Waals surface area contributed by atoms with E-state index in [1.54, 1.807) is 7.05 Å². The number of aliphatic imine (C=N–C) groups is 1. The molecule has 2 rings (SSSR count). The largest absolute Gasteiger partial charge is 0.416 e. The van der Waals surface area contributed by atoms with Crippen LogP contribution in [0.2, 0.25) is 0 Å². The first-order valence-corrected chi connectivity index (χ1v) is 6.64. The lowest BCUT2D eigenvalue weighted by atomic mass is 10.1. The smallest absolute Gasteiger partial charge is 0.353 e. The summed E-state index contributed by atoms with van der Waals surface area (Å²) in [7, 11) is 1.55. The monoisotopic (exact) mass is 303 g/mol. The van der Waals surface area contributed by atoms with Crippen molar-refractivity contribution >= 4 is 5.96 Å². The van der Waals surface area contributed by atoms with E-state index in [9.17, 15) is 17.6 Å². The van der Waals surface area contributed by atoms with Gasteiger partial charge in [-0.15, -0.1) is 0 Å². The SMILES string of the molecule is CN=C(NCc1ccc(F)cc1C(F)(F)F)NC1CC1C. The molecule has 0 saturated heterocycles. The van der Waals surface area contributed by atoms with Crippen molar-refractivity contribution in [2.75, 3.05) is 7.05 Å². The fourth-order valence-electron chi connectivity index (χ4n) is 2.04. The van der Waals surface area contributed by atoms with Gasteiger partial charge in [0.2, 0.25) is 0 Å². The number of hydrogen-bond acceptors (Lipinski definition) is 1. The van der Waals surface area contributed by atoms with Gasteiger partial charge < -0.3 is 10.6 Å². The molecular formula is C14H17F4N3. The van der Waals surface area contributed by atoms with E-state index in [-0.39, 0.29) is 12.1 Å². The highest BCUT2D eigenvalue weighted by Gasteiger charge is 2.34. The highest BCUT2D eigenvalue weighted by atomic mass is 19.4. The molecule has 0 aromatic heterocycles. The molecule has 0 aliphatic heterocycles. The molecule has 1 fully saturated rings. The Labute approximate surface area is 120 Å². The van der Waals surface area contributed by atoms with Crippen molar-refractivity contribution in [2.24, 2.45) is 10.9 Å². The number of alkyl halides is 3. The van der Waals surface area contributed by atoms with E-state index in [0.29, 0.717) is 24.0 Å². The van der Waals surface area contributed by atoms with Crippen LogP contribution < -0.4 is 10.6 Å². The first kappa shape index (κ1) is 15.6. The van der Waals surface area contributed by atoms with Crippen molar-refractivity contribution in [3.05, 3.63) is 35.1 Å². The van der Waals surface area contributed by atoms with Gasteiger partial charge in [-0.05, 0) is 30.0 Å². The van der Waals surface area contributed by atoms with Gasteiger partial charge in [-0.3, -0.25) is 4.99 Å². The third-order valence-electron chi connectivity index (χ3n) is 3.48. The maximum absolute atomic E-state index is 13.0. The summed E-state index contributed by atoms with van der Waals surface area (Å²) in [6.45, 7) is 2.00. The maximum Gasteiger partial charge on any atom is 0.416 e. The molecular weight excluding hydrogens is 286 g/mol. The average Bonchev–Trinajstić information content (AvgIpc) is 3.10. The summed E-state index contributed by atoms with van der Waals surface area (Å²) in [4.78, 5) is 3.97. The molecule has 0 bridgehead atoms. The van der Waals surface area contributed by atoms with Gasteiger partial charge in [0.25, 0.3) is 0 Å². The van der Waals surface area contributed by atoms with Gasteiger partial charge >= 0.3 is 6.18 Å². The molecule has 0 radical (unpaired) electrons. The predicted molar refractivity (Wildman–Crippen MR) is 72.3 cm³/mol. The number of halogens is 4. The van der Waals surface area contributed by atoms with Crippen molar-refractivity contribution < 1.29 is 17.6 Å². The minimum Gasteiger partial charge on any atom is -0.353 e. The van der Waals surface area contributed by atoms with Crippen LogP contribution in [-0.2, 0) is 12.7 Å². The van der Waals surface area contributed by atoms with Gasteiger partial charge in [0, 0.05) is 19.6 Å². The molecule has 116 valence electrons. The Morgan fingerprint density at radius 3 is 2.57 bits per heavy atom. The number of benzene rings is 1. The van der Waals surface area contributed by atoms with E-state index in [0.717, 1.165) is 18.6 Å². The Bertz CT molecular complexity index is 540. The summed E-state index contributed by atoms with van der Waals surface area (Å²) in [5, 5.41) is 5.94. The Balaban J connectivity index is 2.05. The molecule has 0 amide bonds. The lowest BCUT2D eigenvalue weighted by molar-refractivity contribution is -0.138. The fourth-order valence-corrected chi connectivity index (χ4v) is 2.04. The first-order valence-electron chi connectivity index (χ1n) is 6.64. The molecule has 3 nitrogen and oxygen atoms in total. The Hall–Kier alpha value is -1.79. The van der Waals surface area contributed by atoms with E-state index >= 15 is 0 Å². The highest BCUT2D eigenvalue weighted by molar-refractivity contribution is 5.80.